The van der Waals surface area contributed by atoms with Crippen LogP contribution >= 0.6 is 0 Å². The van der Waals surface area contributed by atoms with Gasteiger partial charge in [0.25, 0.3) is 0 Å². The van der Waals surface area contributed by atoms with Crippen molar-refractivity contribution in [2.75, 3.05) is 20.1 Å². The van der Waals surface area contributed by atoms with Crippen molar-refractivity contribution in [1.29, 1.82) is 0 Å². The van der Waals surface area contributed by atoms with Gasteiger partial charge in [0, 0.05) is 6.04 Å². The molecule has 2 nitrogen and oxygen atoms in total. The van der Waals surface area contributed by atoms with Crippen LogP contribution in [0.4, 0.5) is 0 Å². The van der Waals surface area contributed by atoms with Crippen LogP contribution in [-0.4, -0.2) is 36.6 Å². The Balaban J connectivity index is 0.00000144. The van der Waals surface area contributed by atoms with Crippen LogP contribution in [0, 0.1) is 0 Å². The molecular formula is C10H21KN2. The second-order valence-corrected chi connectivity index (χ2v) is 4.45. The van der Waals surface area contributed by atoms with E-state index in [9.17, 15) is 0 Å². The summed E-state index contributed by atoms with van der Waals surface area (Å²) in [6, 6.07) is 0.661. The minimum absolute atomic E-state index is 0. The molecule has 1 aliphatic heterocycles. The van der Waals surface area contributed by atoms with Gasteiger partial charge in [0.2, 0.25) is 0 Å². The van der Waals surface area contributed by atoms with Crippen LogP contribution in [0.15, 0.2) is 0 Å². The van der Waals surface area contributed by atoms with E-state index in [0.717, 1.165) is 6.54 Å². The summed E-state index contributed by atoms with van der Waals surface area (Å²) < 4.78 is 0. The van der Waals surface area contributed by atoms with E-state index in [2.05, 4.69) is 38.0 Å². The standard InChI is InChI=1S/C10H21N2.K/c1-9(2)12(4)8-6-10(3)5-7-11-10;/h9H,5-8H2,1-4H3;/q-1;+1. The smallest absolute Gasteiger partial charge is 0.657 e. The Morgan fingerprint density at radius 2 is 2.00 bits per heavy atom. The molecule has 0 amide bonds. The van der Waals surface area contributed by atoms with E-state index < -0.39 is 0 Å². The van der Waals surface area contributed by atoms with E-state index in [1.165, 1.54) is 19.4 Å². The molecule has 0 saturated carbocycles. The maximum Gasteiger partial charge on any atom is 1.00 e. The Hall–Kier alpha value is 1.56. The first-order valence-corrected chi connectivity index (χ1v) is 4.92. The molecule has 1 saturated heterocycles. The molecule has 0 aliphatic carbocycles. The van der Waals surface area contributed by atoms with Gasteiger partial charge in [-0.05, 0) is 27.4 Å². The molecule has 72 valence electrons. The van der Waals surface area contributed by atoms with Crippen LogP contribution < -0.4 is 51.4 Å². The van der Waals surface area contributed by atoms with Gasteiger partial charge in [-0.2, -0.15) is 0 Å². The van der Waals surface area contributed by atoms with Crippen molar-refractivity contribution in [3.8, 4) is 0 Å². The van der Waals surface area contributed by atoms with Crippen molar-refractivity contribution < 1.29 is 51.4 Å². The minimum Gasteiger partial charge on any atom is -0.657 e. The van der Waals surface area contributed by atoms with Gasteiger partial charge in [0.1, 0.15) is 0 Å². The fraction of sp³-hybridized carbons (Fsp3) is 1.00. The number of hydrogen-bond donors (Lipinski definition) is 0. The SMILES string of the molecule is CC(C)N(C)CCC1(C)CC[N-]1.[K+]. The molecule has 1 atom stereocenters. The first-order chi connectivity index (χ1) is 5.53. The third-order valence-corrected chi connectivity index (χ3v) is 3.03. The molecule has 1 heterocycles. The Morgan fingerprint density at radius 3 is 2.31 bits per heavy atom. The normalized spacial score (nSPS) is 27.2. The zero-order valence-corrected chi connectivity index (χ0v) is 12.9. The van der Waals surface area contributed by atoms with Gasteiger partial charge < -0.3 is 10.2 Å². The van der Waals surface area contributed by atoms with Gasteiger partial charge in [-0.25, -0.2) is 0 Å². The van der Waals surface area contributed by atoms with E-state index in [1.807, 2.05) is 0 Å². The Bertz CT molecular complexity index is 144. The summed E-state index contributed by atoms with van der Waals surface area (Å²) in [4.78, 5) is 2.39. The maximum atomic E-state index is 4.51. The number of rotatable bonds is 4. The van der Waals surface area contributed by atoms with Crippen molar-refractivity contribution in [1.82, 2.24) is 4.90 Å². The zero-order valence-electron chi connectivity index (χ0n) is 9.80. The molecule has 3 heteroatoms. The van der Waals surface area contributed by atoms with Crippen molar-refractivity contribution in [2.24, 2.45) is 0 Å². The molecule has 0 radical (unpaired) electrons. The van der Waals surface area contributed by atoms with Crippen LogP contribution in [-0.2, 0) is 0 Å². The van der Waals surface area contributed by atoms with Gasteiger partial charge in [0.05, 0.1) is 0 Å². The van der Waals surface area contributed by atoms with Crippen LogP contribution in [0.1, 0.15) is 33.6 Å². The fourth-order valence-corrected chi connectivity index (χ4v) is 1.37. The second-order valence-electron chi connectivity index (χ2n) is 4.45. The molecular weight excluding hydrogens is 187 g/mol. The average molecular weight is 208 g/mol. The second kappa shape index (κ2) is 6.21. The molecule has 0 N–H and O–H groups in total. The monoisotopic (exact) mass is 208 g/mol. The molecule has 0 bridgehead atoms. The summed E-state index contributed by atoms with van der Waals surface area (Å²) in [7, 11) is 2.19. The van der Waals surface area contributed by atoms with Crippen LogP contribution in [0.3, 0.4) is 0 Å². The Kier molecular flexibility index (Phi) is 6.95. The third kappa shape index (κ3) is 4.73. The molecule has 13 heavy (non-hydrogen) atoms. The van der Waals surface area contributed by atoms with Crippen molar-refractivity contribution in [2.45, 2.75) is 45.2 Å². The summed E-state index contributed by atoms with van der Waals surface area (Å²) in [5.41, 5.74) is 0.323. The van der Waals surface area contributed by atoms with Crippen molar-refractivity contribution in [3.63, 3.8) is 0 Å². The minimum atomic E-state index is 0. The Labute approximate surface area is 125 Å². The number of hydrogen-bond acceptors (Lipinski definition) is 1. The predicted molar refractivity (Wildman–Crippen MR) is 53.6 cm³/mol. The third-order valence-electron chi connectivity index (χ3n) is 3.03. The molecule has 0 aromatic heterocycles. The summed E-state index contributed by atoms with van der Waals surface area (Å²) in [5, 5.41) is 4.51. The van der Waals surface area contributed by atoms with Crippen LogP contribution in [0.5, 0.6) is 0 Å². The predicted octanol–water partition coefficient (Wildman–Crippen LogP) is -0.743. The van der Waals surface area contributed by atoms with Gasteiger partial charge in [-0.1, -0.05) is 19.8 Å². The first kappa shape index (κ1) is 14.6. The first-order valence-electron chi connectivity index (χ1n) is 4.92. The number of nitrogens with zero attached hydrogens (tertiary/aromatic N) is 2. The summed E-state index contributed by atoms with van der Waals surface area (Å²) in [5.74, 6) is 0. The molecule has 0 aromatic rings. The van der Waals surface area contributed by atoms with E-state index in [1.54, 1.807) is 0 Å². The van der Waals surface area contributed by atoms with E-state index in [-0.39, 0.29) is 51.4 Å². The van der Waals surface area contributed by atoms with Crippen molar-refractivity contribution >= 4 is 0 Å². The molecule has 0 spiro atoms. The molecule has 1 fully saturated rings. The van der Waals surface area contributed by atoms with E-state index in [0.29, 0.717) is 11.6 Å². The van der Waals surface area contributed by atoms with E-state index in [4.69, 9.17) is 0 Å². The molecule has 0 aromatic carbocycles. The summed E-state index contributed by atoms with van der Waals surface area (Å²) >= 11 is 0. The summed E-state index contributed by atoms with van der Waals surface area (Å²) in [6.45, 7) is 9.00. The van der Waals surface area contributed by atoms with Crippen LogP contribution in [0.25, 0.3) is 5.32 Å². The quantitative estimate of drug-likeness (QED) is 0.556. The van der Waals surface area contributed by atoms with Gasteiger partial charge in [0.15, 0.2) is 0 Å². The zero-order chi connectivity index (χ0) is 9.19. The summed E-state index contributed by atoms with van der Waals surface area (Å²) in [6.07, 6.45) is 2.51. The van der Waals surface area contributed by atoms with Gasteiger partial charge in [-0.15, -0.1) is 12.1 Å². The molecule has 1 unspecified atom stereocenters. The average Bonchev–Trinajstić information content (AvgIpc) is 1.96. The molecule has 1 aliphatic rings. The van der Waals surface area contributed by atoms with Gasteiger partial charge in [-0.3, -0.25) is 0 Å². The van der Waals surface area contributed by atoms with E-state index >= 15 is 0 Å². The van der Waals surface area contributed by atoms with Crippen molar-refractivity contribution in [3.05, 3.63) is 5.32 Å². The maximum absolute atomic E-state index is 4.51. The van der Waals surface area contributed by atoms with Crippen LogP contribution in [0.2, 0.25) is 0 Å². The largest absolute Gasteiger partial charge is 1.00 e. The topological polar surface area (TPSA) is 17.3 Å². The fourth-order valence-electron chi connectivity index (χ4n) is 1.37. The van der Waals surface area contributed by atoms with Gasteiger partial charge >= 0.3 is 51.4 Å². The Morgan fingerprint density at radius 1 is 1.46 bits per heavy atom. The molecule has 1 rings (SSSR count).